The van der Waals surface area contributed by atoms with E-state index < -0.39 is 5.10 Å². The molecule has 0 aliphatic carbocycles. The van der Waals surface area contributed by atoms with Crippen molar-refractivity contribution in [2.45, 2.75) is 20.8 Å². The van der Waals surface area contributed by atoms with Crippen LogP contribution in [0.15, 0.2) is 0 Å². The second-order valence-electron chi connectivity index (χ2n) is 1.72. The summed E-state index contributed by atoms with van der Waals surface area (Å²) in [6, 6.07) is 0. The third-order valence-corrected chi connectivity index (χ3v) is 13.6. The average molecular weight is 231 g/mol. The van der Waals surface area contributed by atoms with Gasteiger partial charge in [-0.2, -0.15) is 0 Å². The summed E-state index contributed by atoms with van der Waals surface area (Å²) in [7, 11) is 0. The van der Waals surface area contributed by atoms with Gasteiger partial charge in [0, 0.05) is 17.3 Å². The lowest BCUT2D eigenvalue weighted by atomic mass is 11.0. The molecule has 0 aliphatic heterocycles. The van der Waals surface area contributed by atoms with Crippen molar-refractivity contribution in [2.24, 2.45) is 0 Å². The van der Waals surface area contributed by atoms with Crippen molar-refractivity contribution in [3.8, 4) is 0 Å². The van der Waals surface area contributed by atoms with Crippen molar-refractivity contribution < 1.29 is 4.89 Å². The van der Waals surface area contributed by atoms with Gasteiger partial charge in [-0.1, -0.05) is 20.8 Å². The maximum atomic E-state index is 10.0. The highest BCUT2D eigenvalue weighted by molar-refractivity contribution is 9.17. The standard InChI is InChI=1S/C6H16OPS3/c1-4-9-8(7,10-5-2)11-6-3/h7H,4-6H2,1-3H3/q+1. The predicted octanol–water partition coefficient (Wildman–Crippen LogP) is 3.92. The van der Waals surface area contributed by atoms with Crippen molar-refractivity contribution in [1.82, 2.24) is 0 Å². The minimum atomic E-state index is -1.72. The lowest BCUT2D eigenvalue weighted by Gasteiger charge is -2.11. The summed E-state index contributed by atoms with van der Waals surface area (Å²) in [5.41, 5.74) is 0. The summed E-state index contributed by atoms with van der Waals surface area (Å²) in [6.07, 6.45) is 0. The molecule has 0 heterocycles. The largest absolute Gasteiger partial charge is 0.317 e. The zero-order chi connectivity index (χ0) is 8.74. The van der Waals surface area contributed by atoms with E-state index in [0.29, 0.717) is 0 Å². The first-order valence-corrected chi connectivity index (χ1v) is 10.2. The molecule has 68 valence electrons. The van der Waals surface area contributed by atoms with Crippen LogP contribution in [-0.4, -0.2) is 22.2 Å². The van der Waals surface area contributed by atoms with E-state index in [4.69, 9.17) is 0 Å². The fourth-order valence-electron chi connectivity index (χ4n) is 0.601. The number of rotatable bonds is 6. The van der Waals surface area contributed by atoms with Crippen LogP contribution in [0.25, 0.3) is 0 Å². The minimum absolute atomic E-state index is 1.02. The monoisotopic (exact) mass is 231 g/mol. The van der Waals surface area contributed by atoms with Crippen molar-refractivity contribution in [3.63, 3.8) is 0 Å². The summed E-state index contributed by atoms with van der Waals surface area (Å²) in [6.45, 7) is 6.30. The minimum Gasteiger partial charge on any atom is -0.215 e. The van der Waals surface area contributed by atoms with E-state index in [1.807, 2.05) is 0 Å². The Kier molecular flexibility index (Phi) is 7.81. The molecule has 0 aliphatic rings. The highest BCUT2D eigenvalue weighted by Gasteiger charge is 2.38. The Bertz CT molecular complexity index is 84.8. The van der Waals surface area contributed by atoms with E-state index in [0.717, 1.165) is 17.3 Å². The van der Waals surface area contributed by atoms with Crippen LogP contribution in [0, 0.1) is 0 Å². The molecule has 0 saturated heterocycles. The summed E-state index contributed by atoms with van der Waals surface area (Å²) < 4.78 is 0. The molecule has 0 aromatic carbocycles. The fourth-order valence-corrected chi connectivity index (χ4v) is 13.1. The van der Waals surface area contributed by atoms with Crippen molar-refractivity contribution in [3.05, 3.63) is 0 Å². The SMILES string of the molecule is CCS[P+](O)(SCC)SCC. The number of hydrogen-bond donors (Lipinski definition) is 1. The molecule has 5 heteroatoms. The Hall–Kier alpha value is 1.44. The Morgan fingerprint density at radius 3 is 1.36 bits per heavy atom. The van der Waals surface area contributed by atoms with E-state index in [-0.39, 0.29) is 0 Å². The highest BCUT2D eigenvalue weighted by atomic mass is 33.4. The van der Waals surface area contributed by atoms with E-state index in [2.05, 4.69) is 20.8 Å². The summed E-state index contributed by atoms with van der Waals surface area (Å²) >= 11 is 5.16. The second-order valence-corrected chi connectivity index (χ2v) is 14.3. The molecule has 0 saturated carbocycles. The molecule has 0 aromatic heterocycles. The Morgan fingerprint density at radius 2 is 1.18 bits per heavy atom. The molecule has 0 unspecified atom stereocenters. The van der Waals surface area contributed by atoms with Crippen molar-refractivity contribution >= 4 is 39.2 Å². The first-order chi connectivity index (χ1) is 5.18. The zero-order valence-corrected chi connectivity index (χ0v) is 10.6. The average Bonchev–Trinajstić information content (AvgIpc) is 1.88. The molecule has 0 radical (unpaired) electrons. The van der Waals surface area contributed by atoms with Gasteiger partial charge in [-0.3, -0.25) is 0 Å². The fraction of sp³-hybridized carbons (Fsp3) is 1.00. The molecule has 0 aromatic rings. The van der Waals surface area contributed by atoms with Gasteiger partial charge in [0.15, 0.2) is 0 Å². The third-order valence-electron chi connectivity index (χ3n) is 0.877. The quantitative estimate of drug-likeness (QED) is 0.699. The molecular weight excluding hydrogens is 215 g/mol. The summed E-state index contributed by atoms with van der Waals surface area (Å²) in [5, 5.41) is -1.72. The normalized spacial score (nSPS) is 12.0. The third kappa shape index (κ3) is 5.64. The molecule has 0 amide bonds. The van der Waals surface area contributed by atoms with Crippen LogP contribution >= 0.6 is 39.2 Å². The van der Waals surface area contributed by atoms with Gasteiger partial charge in [-0.15, -0.1) is 0 Å². The Morgan fingerprint density at radius 1 is 0.909 bits per heavy atom. The lowest BCUT2D eigenvalue weighted by molar-refractivity contribution is 0.651. The molecular formula is C6H16OPS3+. The Balaban J connectivity index is 3.79. The number of hydrogen-bond acceptors (Lipinski definition) is 4. The van der Waals surface area contributed by atoms with Crippen LogP contribution in [0.2, 0.25) is 0 Å². The van der Waals surface area contributed by atoms with Crippen LogP contribution in [0.1, 0.15) is 20.8 Å². The van der Waals surface area contributed by atoms with Gasteiger partial charge < -0.3 is 0 Å². The predicted molar refractivity (Wildman–Crippen MR) is 63.5 cm³/mol. The van der Waals surface area contributed by atoms with Crippen LogP contribution in [0.5, 0.6) is 0 Å². The second kappa shape index (κ2) is 6.90. The van der Waals surface area contributed by atoms with E-state index >= 15 is 0 Å². The highest BCUT2D eigenvalue weighted by Crippen LogP contribution is 2.84. The topological polar surface area (TPSA) is 20.2 Å². The van der Waals surface area contributed by atoms with Crippen LogP contribution in [0.4, 0.5) is 0 Å². The molecule has 1 N–H and O–H groups in total. The Labute approximate surface area is 82.1 Å². The maximum Gasteiger partial charge on any atom is 0.317 e. The molecule has 11 heavy (non-hydrogen) atoms. The molecule has 0 rings (SSSR count). The molecule has 0 bridgehead atoms. The molecule has 0 spiro atoms. The van der Waals surface area contributed by atoms with Crippen LogP contribution < -0.4 is 0 Å². The van der Waals surface area contributed by atoms with E-state index in [1.165, 1.54) is 0 Å². The van der Waals surface area contributed by atoms with Gasteiger partial charge >= 0.3 is 5.10 Å². The maximum absolute atomic E-state index is 10.0. The van der Waals surface area contributed by atoms with Gasteiger partial charge in [-0.05, 0) is 0 Å². The molecule has 0 atom stereocenters. The molecule has 1 nitrogen and oxygen atoms in total. The first-order valence-electron chi connectivity index (χ1n) is 3.74. The zero-order valence-electron chi connectivity index (χ0n) is 7.24. The van der Waals surface area contributed by atoms with E-state index in [1.54, 1.807) is 34.1 Å². The summed E-state index contributed by atoms with van der Waals surface area (Å²) in [5.74, 6) is 3.05. The van der Waals surface area contributed by atoms with Crippen LogP contribution in [-0.2, 0) is 0 Å². The van der Waals surface area contributed by atoms with Gasteiger partial charge in [0.2, 0.25) is 0 Å². The van der Waals surface area contributed by atoms with Gasteiger partial charge in [-0.25, -0.2) is 4.89 Å². The van der Waals surface area contributed by atoms with Gasteiger partial charge in [0.05, 0.1) is 34.1 Å². The first kappa shape index (κ1) is 12.4. The van der Waals surface area contributed by atoms with Crippen molar-refractivity contribution in [1.29, 1.82) is 0 Å². The smallest absolute Gasteiger partial charge is 0.215 e. The summed E-state index contributed by atoms with van der Waals surface area (Å²) in [4.78, 5) is 10.0. The lowest BCUT2D eigenvalue weighted by Crippen LogP contribution is -1.79. The van der Waals surface area contributed by atoms with Gasteiger partial charge in [0.1, 0.15) is 0 Å². The van der Waals surface area contributed by atoms with Crippen LogP contribution in [0.3, 0.4) is 0 Å². The van der Waals surface area contributed by atoms with Crippen molar-refractivity contribution in [2.75, 3.05) is 17.3 Å². The molecule has 0 fully saturated rings. The van der Waals surface area contributed by atoms with Gasteiger partial charge in [0.25, 0.3) is 0 Å². The van der Waals surface area contributed by atoms with E-state index in [9.17, 15) is 4.89 Å².